The summed E-state index contributed by atoms with van der Waals surface area (Å²) in [7, 11) is 5.04. The van der Waals surface area contributed by atoms with E-state index in [0.717, 1.165) is 58.5 Å². The molecule has 1 aliphatic rings. The van der Waals surface area contributed by atoms with E-state index >= 15 is 0 Å². The smallest absolute Gasteiger partial charge is 0.123 e. The van der Waals surface area contributed by atoms with Crippen LogP contribution in [0, 0.1) is 0 Å². The van der Waals surface area contributed by atoms with Crippen LogP contribution in [0.4, 0.5) is 0 Å². The van der Waals surface area contributed by atoms with Crippen molar-refractivity contribution in [2.45, 2.75) is 25.4 Å². The van der Waals surface area contributed by atoms with Crippen LogP contribution in [-0.4, -0.2) is 37.9 Å². The fourth-order valence-electron chi connectivity index (χ4n) is 4.31. The lowest BCUT2D eigenvalue weighted by atomic mass is 10.00. The number of aromatic hydroxyl groups is 1. The van der Waals surface area contributed by atoms with Crippen molar-refractivity contribution in [3.8, 4) is 23.0 Å². The van der Waals surface area contributed by atoms with Crippen LogP contribution in [0.2, 0.25) is 0 Å². The van der Waals surface area contributed by atoms with Crippen molar-refractivity contribution in [2.75, 3.05) is 27.9 Å². The summed E-state index contributed by atoms with van der Waals surface area (Å²) in [5.74, 6) is 2.79. The van der Waals surface area contributed by atoms with Gasteiger partial charge in [-0.05, 0) is 66.6 Å². The summed E-state index contributed by atoms with van der Waals surface area (Å²) in [4.78, 5) is 2.41. The molecule has 0 unspecified atom stereocenters. The fourth-order valence-corrected chi connectivity index (χ4v) is 4.31. The Balaban J connectivity index is 1.72. The zero-order chi connectivity index (χ0) is 20.4. The third kappa shape index (κ3) is 3.70. The van der Waals surface area contributed by atoms with E-state index in [2.05, 4.69) is 11.0 Å². The van der Waals surface area contributed by atoms with Gasteiger partial charge in [-0.15, -0.1) is 0 Å². The van der Waals surface area contributed by atoms with Gasteiger partial charge in [-0.2, -0.15) is 0 Å². The third-order valence-corrected chi connectivity index (χ3v) is 5.84. The molecule has 0 aromatic heterocycles. The predicted molar refractivity (Wildman–Crippen MR) is 114 cm³/mol. The Morgan fingerprint density at radius 3 is 2.41 bits per heavy atom. The highest BCUT2D eigenvalue weighted by Gasteiger charge is 2.29. The van der Waals surface area contributed by atoms with Crippen LogP contribution in [0.15, 0.2) is 48.5 Å². The maximum atomic E-state index is 10.7. The standard InChI is InChI=1S/C24H27NO4/c1-27-17-8-6-16-7-10-23(26)21(19(16)13-17)15-25-12-4-5-22(25)20-14-18(28-2)9-11-24(20)29-3/h6-11,13-14,22,26H,4-5,12,15H2,1-3H3/t22-/m0/s1. The average molecular weight is 393 g/mol. The first-order valence-corrected chi connectivity index (χ1v) is 9.89. The number of benzene rings is 3. The highest BCUT2D eigenvalue weighted by molar-refractivity contribution is 5.89. The van der Waals surface area contributed by atoms with Crippen molar-refractivity contribution in [1.29, 1.82) is 0 Å². The summed E-state index contributed by atoms with van der Waals surface area (Å²) in [6.07, 6.45) is 2.14. The molecule has 0 bridgehead atoms. The van der Waals surface area contributed by atoms with Gasteiger partial charge in [-0.25, -0.2) is 0 Å². The summed E-state index contributed by atoms with van der Waals surface area (Å²) < 4.78 is 16.5. The molecule has 1 aliphatic heterocycles. The third-order valence-electron chi connectivity index (χ3n) is 5.84. The van der Waals surface area contributed by atoms with E-state index in [-0.39, 0.29) is 6.04 Å². The van der Waals surface area contributed by atoms with E-state index < -0.39 is 0 Å². The predicted octanol–water partition coefficient (Wildman–Crippen LogP) is 4.91. The number of hydrogen-bond acceptors (Lipinski definition) is 5. The van der Waals surface area contributed by atoms with E-state index in [1.54, 1.807) is 27.4 Å². The number of ether oxygens (including phenoxy) is 3. The van der Waals surface area contributed by atoms with Crippen LogP contribution in [0.1, 0.15) is 30.0 Å². The van der Waals surface area contributed by atoms with Crippen molar-refractivity contribution in [2.24, 2.45) is 0 Å². The molecule has 1 N–H and O–H groups in total. The van der Waals surface area contributed by atoms with Crippen molar-refractivity contribution < 1.29 is 19.3 Å². The van der Waals surface area contributed by atoms with Crippen molar-refractivity contribution in [3.05, 3.63) is 59.7 Å². The minimum Gasteiger partial charge on any atom is -0.508 e. The summed E-state index contributed by atoms with van der Waals surface area (Å²) in [5.41, 5.74) is 2.05. The number of fused-ring (bicyclic) bond motifs is 1. The van der Waals surface area contributed by atoms with Crippen molar-refractivity contribution >= 4 is 10.8 Å². The lowest BCUT2D eigenvalue weighted by Crippen LogP contribution is -2.23. The number of nitrogens with zero attached hydrogens (tertiary/aromatic N) is 1. The van der Waals surface area contributed by atoms with Crippen LogP contribution < -0.4 is 14.2 Å². The van der Waals surface area contributed by atoms with E-state index in [4.69, 9.17) is 14.2 Å². The van der Waals surface area contributed by atoms with Crippen molar-refractivity contribution in [1.82, 2.24) is 4.90 Å². The van der Waals surface area contributed by atoms with Crippen LogP contribution in [0.3, 0.4) is 0 Å². The Labute approximate surface area is 171 Å². The molecule has 4 rings (SSSR count). The molecule has 5 nitrogen and oxygen atoms in total. The Morgan fingerprint density at radius 2 is 1.66 bits per heavy atom. The first kappa shape index (κ1) is 19.4. The molecule has 1 atom stereocenters. The minimum atomic E-state index is 0.209. The van der Waals surface area contributed by atoms with E-state index in [9.17, 15) is 5.11 Å². The van der Waals surface area contributed by atoms with Gasteiger partial charge in [0.1, 0.15) is 23.0 Å². The molecular weight excluding hydrogens is 366 g/mol. The number of hydrogen-bond donors (Lipinski definition) is 1. The number of methoxy groups -OCH3 is 3. The van der Waals surface area contributed by atoms with E-state index in [0.29, 0.717) is 12.3 Å². The molecule has 0 radical (unpaired) electrons. The van der Waals surface area contributed by atoms with Crippen molar-refractivity contribution in [3.63, 3.8) is 0 Å². The number of rotatable bonds is 6. The molecule has 1 heterocycles. The molecule has 0 saturated carbocycles. The van der Waals surface area contributed by atoms with E-state index in [1.807, 2.05) is 36.4 Å². The van der Waals surface area contributed by atoms with Crippen LogP contribution in [0.5, 0.6) is 23.0 Å². The molecule has 29 heavy (non-hydrogen) atoms. The van der Waals surface area contributed by atoms with Gasteiger partial charge in [0.05, 0.1) is 21.3 Å². The maximum absolute atomic E-state index is 10.7. The SMILES string of the molecule is COc1ccc(OC)c([C@@H]2CCCN2Cc2c(O)ccc3ccc(OC)cc23)c1. The van der Waals surface area contributed by atoms with Gasteiger partial charge in [0.25, 0.3) is 0 Å². The molecule has 0 spiro atoms. The molecule has 3 aromatic carbocycles. The van der Waals surface area contributed by atoms with E-state index in [1.165, 1.54) is 0 Å². The highest BCUT2D eigenvalue weighted by Crippen LogP contribution is 2.41. The normalized spacial score (nSPS) is 16.9. The zero-order valence-corrected chi connectivity index (χ0v) is 17.1. The van der Waals surface area contributed by atoms with Gasteiger partial charge in [0.15, 0.2) is 0 Å². The van der Waals surface area contributed by atoms with Gasteiger partial charge in [-0.3, -0.25) is 4.90 Å². The van der Waals surface area contributed by atoms with Gasteiger partial charge in [0, 0.05) is 23.7 Å². The molecule has 0 aliphatic carbocycles. The first-order chi connectivity index (χ1) is 14.1. The maximum Gasteiger partial charge on any atom is 0.123 e. The largest absolute Gasteiger partial charge is 0.508 e. The number of phenolic OH excluding ortho intramolecular Hbond substituents is 1. The molecule has 152 valence electrons. The van der Waals surface area contributed by atoms with Gasteiger partial charge < -0.3 is 19.3 Å². The van der Waals surface area contributed by atoms with Gasteiger partial charge in [0.2, 0.25) is 0 Å². The average Bonchev–Trinajstić information content (AvgIpc) is 3.23. The molecule has 5 heteroatoms. The Morgan fingerprint density at radius 1 is 0.931 bits per heavy atom. The Hall–Kier alpha value is -2.92. The number of phenols is 1. The Kier molecular flexibility index (Phi) is 5.49. The number of likely N-dealkylation sites (tertiary alicyclic amines) is 1. The molecule has 3 aromatic rings. The second-order valence-electron chi connectivity index (χ2n) is 7.39. The fraction of sp³-hybridized carbons (Fsp3) is 0.333. The van der Waals surface area contributed by atoms with Crippen LogP contribution in [0.25, 0.3) is 10.8 Å². The minimum absolute atomic E-state index is 0.209. The summed E-state index contributed by atoms with van der Waals surface area (Å²) in [6.45, 7) is 1.62. The van der Waals surface area contributed by atoms with Crippen LogP contribution in [-0.2, 0) is 6.54 Å². The topological polar surface area (TPSA) is 51.2 Å². The second-order valence-corrected chi connectivity index (χ2v) is 7.39. The molecule has 1 fully saturated rings. The van der Waals surface area contributed by atoms with Crippen LogP contribution >= 0.6 is 0 Å². The quantitative estimate of drug-likeness (QED) is 0.645. The first-order valence-electron chi connectivity index (χ1n) is 9.89. The monoisotopic (exact) mass is 393 g/mol. The summed E-state index contributed by atoms with van der Waals surface area (Å²) in [5, 5.41) is 12.8. The highest BCUT2D eigenvalue weighted by atomic mass is 16.5. The molecular formula is C24H27NO4. The van der Waals surface area contributed by atoms with Gasteiger partial charge >= 0.3 is 0 Å². The zero-order valence-electron chi connectivity index (χ0n) is 17.1. The second kappa shape index (κ2) is 8.21. The van der Waals surface area contributed by atoms with Gasteiger partial charge in [-0.1, -0.05) is 12.1 Å². The lowest BCUT2D eigenvalue weighted by Gasteiger charge is -2.27. The Bertz CT molecular complexity index is 1020. The summed E-state index contributed by atoms with van der Waals surface area (Å²) in [6, 6.07) is 15.9. The molecule has 1 saturated heterocycles. The summed E-state index contributed by atoms with van der Waals surface area (Å²) >= 11 is 0. The molecule has 0 amide bonds. The lowest BCUT2D eigenvalue weighted by molar-refractivity contribution is 0.240.